The molecule has 1 amide bonds. The van der Waals surface area contributed by atoms with Gasteiger partial charge in [-0.1, -0.05) is 49.4 Å². The normalized spacial score (nSPS) is 20.7. The van der Waals surface area contributed by atoms with E-state index < -0.39 is 5.25 Å². The van der Waals surface area contributed by atoms with Crippen LogP contribution in [0.4, 0.5) is 4.39 Å². The third-order valence-corrected chi connectivity index (χ3v) is 5.84. The Morgan fingerprint density at radius 1 is 1.19 bits per heavy atom. The van der Waals surface area contributed by atoms with Crippen molar-refractivity contribution in [1.82, 2.24) is 10.6 Å². The van der Waals surface area contributed by atoms with Crippen LogP contribution >= 0.6 is 24.2 Å². The van der Waals surface area contributed by atoms with Crippen LogP contribution in [-0.4, -0.2) is 25.0 Å². The predicted molar refractivity (Wildman–Crippen MR) is 107 cm³/mol. The predicted octanol–water partition coefficient (Wildman–Crippen LogP) is 4.20. The first kappa shape index (κ1) is 20.7. The van der Waals surface area contributed by atoms with Crippen molar-refractivity contribution in [3.8, 4) is 0 Å². The maximum atomic E-state index is 14.1. The number of benzene rings is 2. The van der Waals surface area contributed by atoms with Crippen molar-refractivity contribution >= 4 is 30.1 Å². The summed E-state index contributed by atoms with van der Waals surface area (Å²) >= 11 is 1.26. The van der Waals surface area contributed by atoms with Crippen LogP contribution in [0.25, 0.3) is 0 Å². The summed E-state index contributed by atoms with van der Waals surface area (Å²) in [5.74, 6) is 0.0299. The van der Waals surface area contributed by atoms with Crippen LogP contribution in [0.1, 0.15) is 24.2 Å². The highest BCUT2D eigenvalue weighted by Gasteiger charge is 2.28. The van der Waals surface area contributed by atoms with Crippen LogP contribution in [0.3, 0.4) is 0 Å². The number of thioether (sulfide) groups is 1. The summed E-state index contributed by atoms with van der Waals surface area (Å²) in [7, 11) is 0. The van der Waals surface area contributed by atoms with Gasteiger partial charge >= 0.3 is 0 Å². The van der Waals surface area contributed by atoms with E-state index in [-0.39, 0.29) is 30.2 Å². The molecule has 140 valence electrons. The minimum absolute atomic E-state index is 0. The standard InChI is InChI=1S/C20H23FN2OS.ClH/c1-14-13-22-12-11-17(14)23-20(24)19(15-7-3-2-4-8-15)25-18-10-6-5-9-16(18)21;/h2-10,14,17,19,22H,11-13H2,1H3,(H,23,24);1H. The molecule has 0 spiro atoms. The number of halogens is 2. The molecule has 3 atom stereocenters. The number of amides is 1. The molecular weight excluding hydrogens is 371 g/mol. The fourth-order valence-corrected chi connectivity index (χ4v) is 4.11. The Morgan fingerprint density at radius 2 is 1.88 bits per heavy atom. The second kappa shape index (κ2) is 9.95. The molecule has 0 aromatic heterocycles. The lowest BCUT2D eigenvalue weighted by Gasteiger charge is -2.31. The van der Waals surface area contributed by atoms with Crippen molar-refractivity contribution in [3.05, 3.63) is 66.0 Å². The van der Waals surface area contributed by atoms with Gasteiger partial charge in [0.1, 0.15) is 11.1 Å². The Labute approximate surface area is 164 Å². The molecule has 3 unspecified atom stereocenters. The molecule has 3 rings (SSSR count). The molecule has 26 heavy (non-hydrogen) atoms. The van der Waals surface area contributed by atoms with E-state index >= 15 is 0 Å². The number of rotatable bonds is 5. The van der Waals surface area contributed by atoms with Crippen LogP contribution < -0.4 is 10.6 Å². The number of nitrogens with one attached hydrogen (secondary N) is 2. The molecule has 3 nitrogen and oxygen atoms in total. The van der Waals surface area contributed by atoms with Gasteiger partial charge in [0.25, 0.3) is 0 Å². The number of carbonyl (C=O) groups is 1. The molecule has 2 aromatic carbocycles. The molecule has 1 heterocycles. The largest absolute Gasteiger partial charge is 0.352 e. The summed E-state index contributed by atoms with van der Waals surface area (Å²) < 4.78 is 14.1. The smallest absolute Gasteiger partial charge is 0.238 e. The summed E-state index contributed by atoms with van der Waals surface area (Å²) in [4.78, 5) is 13.5. The van der Waals surface area contributed by atoms with Gasteiger partial charge in [-0.15, -0.1) is 24.2 Å². The molecule has 0 aliphatic carbocycles. The van der Waals surface area contributed by atoms with E-state index in [9.17, 15) is 9.18 Å². The number of piperidine rings is 1. The first-order valence-corrected chi connectivity index (χ1v) is 9.50. The van der Waals surface area contributed by atoms with Gasteiger partial charge in [-0.3, -0.25) is 4.79 Å². The highest BCUT2D eigenvalue weighted by molar-refractivity contribution is 8.00. The number of hydrogen-bond acceptors (Lipinski definition) is 3. The Morgan fingerprint density at radius 3 is 2.58 bits per heavy atom. The van der Waals surface area contributed by atoms with E-state index in [1.807, 2.05) is 30.3 Å². The van der Waals surface area contributed by atoms with Crippen molar-refractivity contribution in [2.24, 2.45) is 5.92 Å². The molecule has 1 aliphatic heterocycles. The minimum Gasteiger partial charge on any atom is -0.352 e. The quantitative estimate of drug-likeness (QED) is 0.747. The molecule has 1 fully saturated rings. The first-order valence-electron chi connectivity index (χ1n) is 8.62. The summed E-state index contributed by atoms with van der Waals surface area (Å²) in [6, 6.07) is 16.3. The van der Waals surface area contributed by atoms with Gasteiger partial charge in [0.2, 0.25) is 5.91 Å². The van der Waals surface area contributed by atoms with E-state index in [0.29, 0.717) is 10.8 Å². The van der Waals surface area contributed by atoms with Crippen molar-refractivity contribution < 1.29 is 9.18 Å². The van der Waals surface area contributed by atoms with Gasteiger partial charge in [-0.05, 0) is 43.1 Å². The summed E-state index contributed by atoms with van der Waals surface area (Å²) in [5.41, 5.74) is 0.884. The third kappa shape index (κ3) is 5.22. The number of hydrogen-bond donors (Lipinski definition) is 2. The lowest BCUT2D eigenvalue weighted by Crippen LogP contribution is -2.49. The van der Waals surface area contributed by atoms with E-state index in [4.69, 9.17) is 0 Å². The van der Waals surface area contributed by atoms with Gasteiger partial charge in [0, 0.05) is 10.9 Å². The second-order valence-electron chi connectivity index (χ2n) is 6.42. The molecular formula is C20H24ClFN2OS. The number of carbonyl (C=O) groups excluding carboxylic acids is 1. The summed E-state index contributed by atoms with van der Waals surface area (Å²) in [6.45, 7) is 3.95. The lowest BCUT2D eigenvalue weighted by atomic mass is 9.95. The monoisotopic (exact) mass is 394 g/mol. The Hall–Kier alpha value is -1.56. The van der Waals surface area contributed by atoms with E-state index in [1.165, 1.54) is 17.8 Å². The Kier molecular flexibility index (Phi) is 7.94. The third-order valence-electron chi connectivity index (χ3n) is 4.53. The van der Waals surface area contributed by atoms with Crippen molar-refractivity contribution in [3.63, 3.8) is 0 Å². The van der Waals surface area contributed by atoms with E-state index in [0.717, 1.165) is 25.1 Å². The maximum Gasteiger partial charge on any atom is 0.238 e. The molecule has 0 saturated carbocycles. The van der Waals surface area contributed by atoms with Gasteiger partial charge in [0.15, 0.2) is 0 Å². The molecule has 0 bridgehead atoms. The summed E-state index contributed by atoms with van der Waals surface area (Å²) in [6.07, 6.45) is 0.915. The topological polar surface area (TPSA) is 41.1 Å². The Balaban J connectivity index is 0.00000243. The molecule has 2 aromatic rings. The summed E-state index contributed by atoms with van der Waals surface area (Å²) in [5, 5.41) is 6.05. The zero-order valence-corrected chi connectivity index (χ0v) is 16.3. The molecule has 6 heteroatoms. The fourth-order valence-electron chi connectivity index (χ4n) is 3.05. The van der Waals surface area contributed by atoms with Gasteiger partial charge in [-0.2, -0.15) is 0 Å². The van der Waals surface area contributed by atoms with Crippen LogP contribution in [-0.2, 0) is 4.79 Å². The van der Waals surface area contributed by atoms with Crippen molar-refractivity contribution in [2.45, 2.75) is 29.5 Å². The van der Waals surface area contributed by atoms with Gasteiger partial charge in [0.05, 0.1) is 0 Å². The van der Waals surface area contributed by atoms with E-state index in [2.05, 4.69) is 17.6 Å². The zero-order chi connectivity index (χ0) is 17.6. The highest BCUT2D eigenvalue weighted by Crippen LogP contribution is 2.37. The highest BCUT2D eigenvalue weighted by atomic mass is 35.5. The average Bonchev–Trinajstić information content (AvgIpc) is 2.63. The molecule has 0 radical (unpaired) electrons. The lowest BCUT2D eigenvalue weighted by molar-refractivity contribution is -0.121. The second-order valence-corrected chi connectivity index (χ2v) is 7.57. The first-order chi connectivity index (χ1) is 12.1. The zero-order valence-electron chi connectivity index (χ0n) is 14.7. The fraction of sp³-hybridized carbons (Fsp3) is 0.350. The average molecular weight is 395 g/mol. The van der Waals surface area contributed by atoms with Crippen LogP contribution in [0.15, 0.2) is 59.5 Å². The molecule has 1 saturated heterocycles. The molecule has 2 N–H and O–H groups in total. The van der Waals surface area contributed by atoms with Gasteiger partial charge in [-0.25, -0.2) is 4.39 Å². The van der Waals surface area contributed by atoms with Crippen molar-refractivity contribution in [2.75, 3.05) is 13.1 Å². The maximum absolute atomic E-state index is 14.1. The van der Waals surface area contributed by atoms with Crippen LogP contribution in [0.5, 0.6) is 0 Å². The van der Waals surface area contributed by atoms with Gasteiger partial charge < -0.3 is 10.6 Å². The Bertz CT molecular complexity index is 716. The van der Waals surface area contributed by atoms with E-state index in [1.54, 1.807) is 18.2 Å². The SMILES string of the molecule is CC1CNCCC1NC(=O)C(Sc1ccccc1F)c1ccccc1.Cl. The van der Waals surface area contributed by atoms with Crippen molar-refractivity contribution in [1.29, 1.82) is 0 Å². The van der Waals surface area contributed by atoms with Crippen LogP contribution in [0, 0.1) is 11.7 Å². The van der Waals surface area contributed by atoms with Crippen LogP contribution in [0.2, 0.25) is 0 Å². The molecule has 1 aliphatic rings. The minimum atomic E-state index is -0.472.